The number of aliphatic hydroxyl groups excluding tert-OH is 1. The summed E-state index contributed by atoms with van der Waals surface area (Å²) in [6.07, 6.45) is 8.91. The first-order valence-electron chi connectivity index (χ1n) is 9.59. The van der Waals surface area contributed by atoms with E-state index < -0.39 is 0 Å². The topological polar surface area (TPSA) is 53.7 Å². The highest BCUT2D eigenvalue weighted by Crippen LogP contribution is 2.48. The number of nitrogens with zero attached hydrogens (tertiary/aromatic N) is 4. The highest BCUT2D eigenvalue weighted by atomic mass is 16.3. The third-order valence-electron chi connectivity index (χ3n) is 6.18. The second-order valence-corrected chi connectivity index (χ2v) is 7.65. The molecular weight excluding hydrogens is 324 g/mol. The van der Waals surface area contributed by atoms with E-state index >= 15 is 0 Å². The maximum atomic E-state index is 9.71. The quantitative estimate of drug-likeness (QED) is 0.790. The van der Waals surface area contributed by atoms with Gasteiger partial charge in [-0.3, -0.25) is 0 Å². The van der Waals surface area contributed by atoms with Crippen molar-refractivity contribution < 1.29 is 5.11 Å². The van der Waals surface area contributed by atoms with Gasteiger partial charge in [0.05, 0.1) is 11.8 Å². The van der Waals surface area contributed by atoms with E-state index in [-0.39, 0.29) is 11.5 Å². The average Bonchev–Trinajstić information content (AvgIpc) is 3.06. The zero-order valence-corrected chi connectivity index (χ0v) is 14.9. The van der Waals surface area contributed by atoms with Crippen molar-refractivity contribution in [1.82, 2.24) is 14.6 Å². The Morgan fingerprint density at radius 2 is 1.85 bits per heavy atom. The van der Waals surface area contributed by atoms with Crippen molar-refractivity contribution in [3.8, 4) is 0 Å². The molecule has 3 aromatic rings. The van der Waals surface area contributed by atoms with Crippen LogP contribution in [-0.2, 0) is 5.41 Å². The maximum Gasteiger partial charge on any atom is 0.155 e. The molecule has 134 valence electrons. The van der Waals surface area contributed by atoms with E-state index in [1.807, 2.05) is 23.0 Å². The Morgan fingerprint density at radius 3 is 2.50 bits per heavy atom. The van der Waals surface area contributed by atoms with Gasteiger partial charge in [0.25, 0.3) is 0 Å². The lowest BCUT2D eigenvalue weighted by atomic mass is 9.62. The highest BCUT2D eigenvalue weighted by molar-refractivity contribution is 5.52. The molecule has 0 bridgehead atoms. The number of fused-ring (bicyclic) bond motifs is 1. The van der Waals surface area contributed by atoms with Crippen molar-refractivity contribution in [3.63, 3.8) is 0 Å². The minimum absolute atomic E-state index is 0.0321. The zero-order valence-electron chi connectivity index (χ0n) is 14.9. The first-order valence-corrected chi connectivity index (χ1v) is 9.59. The Morgan fingerprint density at radius 1 is 1.08 bits per heavy atom. The van der Waals surface area contributed by atoms with Gasteiger partial charge in [0, 0.05) is 42.7 Å². The number of benzene rings is 1. The van der Waals surface area contributed by atoms with Crippen molar-refractivity contribution in [3.05, 3.63) is 60.0 Å². The fraction of sp³-hybridized carbons (Fsp3) is 0.429. The molecule has 1 N–H and O–H groups in total. The molecule has 1 aromatic carbocycles. The minimum atomic E-state index is -0.132. The van der Waals surface area contributed by atoms with Crippen LogP contribution in [0.5, 0.6) is 0 Å². The molecular formula is C21H24N4O. The van der Waals surface area contributed by atoms with Gasteiger partial charge in [-0.25, -0.2) is 9.50 Å². The van der Waals surface area contributed by atoms with Crippen molar-refractivity contribution >= 4 is 11.3 Å². The van der Waals surface area contributed by atoms with E-state index in [0.29, 0.717) is 0 Å². The standard InChI is InChI=1S/C21H24N4O/c26-18-7-13-24(14-8-18)17-5-3-16(4-6-17)21(9-1-10-21)19-15-20-22-11-2-12-25(20)23-19/h2-6,11-12,15,18,26H,1,7-10,13-14H2. The smallest absolute Gasteiger partial charge is 0.155 e. The normalized spacial score (nSPS) is 20.3. The molecule has 1 aliphatic carbocycles. The van der Waals surface area contributed by atoms with E-state index in [1.54, 1.807) is 0 Å². The van der Waals surface area contributed by atoms with Crippen LogP contribution in [0.4, 0.5) is 5.69 Å². The lowest BCUT2D eigenvalue weighted by Gasteiger charge is -2.41. The van der Waals surface area contributed by atoms with Crippen molar-refractivity contribution in [2.45, 2.75) is 43.6 Å². The first kappa shape index (κ1) is 15.8. The van der Waals surface area contributed by atoms with Crippen LogP contribution in [0.15, 0.2) is 48.8 Å². The summed E-state index contributed by atoms with van der Waals surface area (Å²) in [4.78, 5) is 6.80. The summed E-state index contributed by atoms with van der Waals surface area (Å²) < 4.78 is 1.88. The summed E-state index contributed by atoms with van der Waals surface area (Å²) in [5.74, 6) is 0. The van der Waals surface area contributed by atoms with Gasteiger partial charge in [0.2, 0.25) is 0 Å². The summed E-state index contributed by atoms with van der Waals surface area (Å²) in [6.45, 7) is 1.87. The van der Waals surface area contributed by atoms with Crippen LogP contribution in [0.2, 0.25) is 0 Å². The summed E-state index contributed by atoms with van der Waals surface area (Å²) in [5, 5.41) is 14.5. The number of hydrogen-bond acceptors (Lipinski definition) is 4. The Kier molecular flexibility index (Phi) is 3.71. The number of aromatic nitrogens is 3. The Bertz CT molecular complexity index is 872. The molecule has 1 saturated heterocycles. The Labute approximate surface area is 153 Å². The monoisotopic (exact) mass is 348 g/mol. The zero-order chi connectivity index (χ0) is 17.6. The van der Waals surface area contributed by atoms with Gasteiger partial charge in [-0.15, -0.1) is 0 Å². The summed E-state index contributed by atoms with van der Waals surface area (Å²) in [5.41, 5.74) is 4.69. The summed E-state index contributed by atoms with van der Waals surface area (Å²) >= 11 is 0. The van der Waals surface area contributed by atoms with Crippen molar-refractivity contribution in [1.29, 1.82) is 0 Å². The third-order valence-corrected chi connectivity index (χ3v) is 6.18. The number of hydrogen-bond donors (Lipinski definition) is 1. The van der Waals surface area contributed by atoms with Gasteiger partial charge in [-0.1, -0.05) is 18.6 Å². The minimum Gasteiger partial charge on any atom is -0.393 e. The number of piperidine rings is 1. The lowest BCUT2D eigenvalue weighted by Crippen LogP contribution is -2.37. The Balaban J connectivity index is 1.45. The van der Waals surface area contributed by atoms with E-state index in [0.717, 1.165) is 50.1 Å². The molecule has 2 aromatic heterocycles. The summed E-state index contributed by atoms with van der Waals surface area (Å²) in [7, 11) is 0. The van der Waals surface area contributed by atoms with Crippen molar-refractivity contribution in [2.24, 2.45) is 0 Å². The number of aliphatic hydroxyl groups is 1. The molecule has 0 atom stereocenters. The molecule has 5 rings (SSSR count). The third kappa shape index (κ3) is 2.50. The SMILES string of the molecule is OC1CCN(c2ccc(C3(c4cc5ncccn5n4)CCC3)cc2)CC1. The van der Waals surface area contributed by atoms with E-state index in [9.17, 15) is 5.11 Å². The van der Waals surface area contributed by atoms with Crippen LogP contribution in [0.1, 0.15) is 43.4 Å². The fourth-order valence-corrected chi connectivity index (χ4v) is 4.40. The largest absolute Gasteiger partial charge is 0.393 e. The van der Waals surface area contributed by atoms with Crippen LogP contribution >= 0.6 is 0 Å². The molecule has 1 saturated carbocycles. The first-order chi connectivity index (χ1) is 12.7. The van der Waals surface area contributed by atoms with Crippen LogP contribution in [0.25, 0.3) is 5.65 Å². The molecule has 5 heteroatoms. The molecule has 2 aliphatic rings. The molecule has 26 heavy (non-hydrogen) atoms. The van der Waals surface area contributed by atoms with Gasteiger partial charge in [-0.05, 0) is 49.4 Å². The molecule has 2 fully saturated rings. The predicted octanol–water partition coefficient (Wildman–Crippen LogP) is 3.16. The number of anilines is 1. The van der Waals surface area contributed by atoms with E-state index in [2.05, 4.69) is 40.2 Å². The van der Waals surface area contributed by atoms with Gasteiger partial charge in [0.15, 0.2) is 5.65 Å². The predicted molar refractivity (Wildman–Crippen MR) is 102 cm³/mol. The second kappa shape index (κ2) is 6.09. The summed E-state index contributed by atoms with van der Waals surface area (Å²) in [6, 6.07) is 13.1. The van der Waals surface area contributed by atoms with Crippen LogP contribution in [-0.4, -0.2) is 38.9 Å². The van der Waals surface area contributed by atoms with Crippen LogP contribution in [0.3, 0.4) is 0 Å². The van der Waals surface area contributed by atoms with Crippen LogP contribution < -0.4 is 4.90 Å². The van der Waals surface area contributed by atoms with Gasteiger partial charge in [0.1, 0.15) is 0 Å². The maximum absolute atomic E-state index is 9.71. The molecule has 1 aliphatic heterocycles. The molecule has 5 nitrogen and oxygen atoms in total. The Hall–Kier alpha value is -2.40. The van der Waals surface area contributed by atoms with Gasteiger partial charge < -0.3 is 10.0 Å². The van der Waals surface area contributed by atoms with Gasteiger partial charge >= 0.3 is 0 Å². The lowest BCUT2D eigenvalue weighted by molar-refractivity contribution is 0.145. The average molecular weight is 348 g/mol. The highest BCUT2D eigenvalue weighted by Gasteiger charge is 2.42. The number of rotatable bonds is 3. The van der Waals surface area contributed by atoms with Gasteiger partial charge in [-0.2, -0.15) is 5.10 Å². The molecule has 0 unspecified atom stereocenters. The fourth-order valence-electron chi connectivity index (χ4n) is 4.40. The molecule has 0 radical (unpaired) electrons. The van der Waals surface area contributed by atoms with Crippen LogP contribution in [0, 0.1) is 0 Å². The second-order valence-electron chi connectivity index (χ2n) is 7.65. The molecule has 0 spiro atoms. The van der Waals surface area contributed by atoms with Crippen molar-refractivity contribution in [2.75, 3.05) is 18.0 Å². The van der Waals surface area contributed by atoms with E-state index in [4.69, 9.17) is 5.10 Å². The molecule has 3 heterocycles. The molecule has 0 amide bonds. The van der Waals surface area contributed by atoms with E-state index in [1.165, 1.54) is 17.7 Å².